The van der Waals surface area contributed by atoms with Gasteiger partial charge in [-0.2, -0.15) is 0 Å². The molecule has 2 saturated heterocycles. The first-order valence-electron chi connectivity index (χ1n) is 7.90. The Balaban J connectivity index is 1.83. The maximum absolute atomic E-state index is 13.1. The Morgan fingerprint density at radius 3 is 2.60 bits per heavy atom. The van der Waals surface area contributed by atoms with E-state index in [1.54, 1.807) is 0 Å². The summed E-state index contributed by atoms with van der Waals surface area (Å²) in [5.74, 6) is 0.349. The Morgan fingerprint density at radius 2 is 2.00 bits per heavy atom. The van der Waals surface area contributed by atoms with Crippen LogP contribution in [0.3, 0.4) is 0 Å². The molecule has 0 radical (unpaired) electrons. The third-order valence-corrected chi connectivity index (χ3v) is 6.00. The number of ether oxygens (including phenoxy) is 1. The minimum atomic E-state index is -0.738. The summed E-state index contributed by atoms with van der Waals surface area (Å²) in [6.45, 7) is 11.1. The third-order valence-electron chi connectivity index (χ3n) is 6.00. The number of amides is 1. The quantitative estimate of drug-likeness (QED) is 0.796. The third kappa shape index (κ3) is 1.70. The van der Waals surface area contributed by atoms with Crippen molar-refractivity contribution >= 4 is 5.91 Å². The molecule has 3 atom stereocenters. The summed E-state index contributed by atoms with van der Waals surface area (Å²) < 4.78 is 5.89. The van der Waals surface area contributed by atoms with Gasteiger partial charge in [0.1, 0.15) is 5.54 Å². The number of hydrogen-bond donors (Lipinski definition) is 1. The highest BCUT2D eigenvalue weighted by Crippen LogP contribution is 2.58. The van der Waals surface area contributed by atoms with E-state index in [1.807, 2.05) is 4.90 Å². The summed E-state index contributed by atoms with van der Waals surface area (Å²) >= 11 is 0. The highest BCUT2D eigenvalue weighted by Gasteiger charge is 2.71. The molecule has 20 heavy (non-hydrogen) atoms. The van der Waals surface area contributed by atoms with Gasteiger partial charge in [0.05, 0.1) is 6.10 Å². The van der Waals surface area contributed by atoms with Crippen molar-refractivity contribution < 1.29 is 9.53 Å². The van der Waals surface area contributed by atoms with Crippen LogP contribution in [0.25, 0.3) is 0 Å². The summed E-state index contributed by atoms with van der Waals surface area (Å²) in [5, 5.41) is 0. The Morgan fingerprint density at radius 1 is 1.30 bits per heavy atom. The first-order chi connectivity index (χ1) is 9.20. The first-order valence-corrected chi connectivity index (χ1v) is 7.90. The largest absolute Gasteiger partial charge is 0.377 e. The molecule has 1 amide bonds. The predicted octanol–water partition coefficient (Wildman–Crippen LogP) is 1.78. The van der Waals surface area contributed by atoms with Crippen LogP contribution in [0.2, 0.25) is 0 Å². The van der Waals surface area contributed by atoms with Crippen LogP contribution in [0, 0.1) is 16.7 Å². The lowest BCUT2D eigenvalue weighted by Crippen LogP contribution is -2.82. The molecule has 2 N–H and O–H groups in total. The molecule has 0 aromatic carbocycles. The van der Waals surface area contributed by atoms with Gasteiger partial charge in [0.2, 0.25) is 5.91 Å². The molecule has 0 bridgehead atoms. The normalized spacial score (nSPS) is 42.0. The zero-order chi connectivity index (χ0) is 14.8. The lowest BCUT2D eigenvalue weighted by Gasteiger charge is -2.65. The zero-order valence-corrected chi connectivity index (χ0v) is 13.2. The molecule has 0 aromatic heterocycles. The first kappa shape index (κ1) is 14.3. The Kier molecular flexibility index (Phi) is 3.01. The summed E-state index contributed by atoms with van der Waals surface area (Å²) in [6.07, 6.45) is 3.27. The minimum Gasteiger partial charge on any atom is -0.377 e. The molecule has 0 aromatic rings. The average Bonchev–Trinajstić information content (AvgIpc) is 2.77. The van der Waals surface area contributed by atoms with Gasteiger partial charge in [0, 0.05) is 31.0 Å². The van der Waals surface area contributed by atoms with Crippen LogP contribution in [0.4, 0.5) is 0 Å². The minimum absolute atomic E-state index is 0.153. The van der Waals surface area contributed by atoms with Gasteiger partial charge < -0.3 is 15.4 Å². The van der Waals surface area contributed by atoms with Crippen LogP contribution in [0.15, 0.2) is 0 Å². The van der Waals surface area contributed by atoms with E-state index in [1.165, 1.54) is 0 Å². The van der Waals surface area contributed by atoms with Gasteiger partial charge in [-0.3, -0.25) is 4.79 Å². The molecule has 114 valence electrons. The van der Waals surface area contributed by atoms with E-state index >= 15 is 0 Å². The van der Waals surface area contributed by atoms with E-state index in [4.69, 9.17) is 10.5 Å². The van der Waals surface area contributed by atoms with Crippen molar-refractivity contribution in [1.82, 2.24) is 4.90 Å². The standard InChI is InChI=1S/C16H28N2O2/c1-14(2)7-8-18(10-14)13(19)16(17)11-6-5-9-20-12(11)15(16,3)4/h11-12H,5-10,17H2,1-4H3. The summed E-state index contributed by atoms with van der Waals surface area (Å²) in [7, 11) is 0. The Labute approximate surface area is 122 Å². The Hall–Kier alpha value is -0.610. The zero-order valence-electron chi connectivity index (χ0n) is 13.2. The number of fused-ring (bicyclic) bond motifs is 1. The van der Waals surface area contributed by atoms with Gasteiger partial charge in [-0.15, -0.1) is 0 Å². The fraction of sp³-hybridized carbons (Fsp3) is 0.938. The van der Waals surface area contributed by atoms with E-state index in [-0.39, 0.29) is 28.8 Å². The molecule has 1 aliphatic carbocycles. The van der Waals surface area contributed by atoms with Gasteiger partial charge in [0.25, 0.3) is 0 Å². The maximum atomic E-state index is 13.1. The van der Waals surface area contributed by atoms with E-state index in [2.05, 4.69) is 27.7 Å². The van der Waals surface area contributed by atoms with Gasteiger partial charge in [-0.1, -0.05) is 27.7 Å². The number of hydrogen-bond acceptors (Lipinski definition) is 3. The van der Waals surface area contributed by atoms with Crippen LogP contribution < -0.4 is 5.73 Å². The Bertz CT molecular complexity index is 432. The van der Waals surface area contributed by atoms with Gasteiger partial charge in [-0.25, -0.2) is 0 Å². The van der Waals surface area contributed by atoms with Gasteiger partial charge >= 0.3 is 0 Å². The van der Waals surface area contributed by atoms with E-state index < -0.39 is 5.54 Å². The van der Waals surface area contributed by atoms with E-state index in [0.717, 1.165) is 39.0 Å². The molecule has 4 nitrogen and oxygen atoms in total. The van der Waals surface area contributed by atoms with Gasteiger partial charge in [-0.05, 0) is 24.7 Å². The fourth-order valence-corrected chi connectivity index (χ4v) is 4.56. The molecule has 0 spiro atoms. The highest BCUT2D eigenvalue weighted by atomic mass is 16.5. The number of nitrogens with two attached hydrogens (primary N) is 1. The fourth-order valence-electron chi connectivity index (χ4n) is 4.56. The second-order valence-corrected chi connectivity index (χ2v) is 8.27. The lowest BCUT2D eigenvalue weighted by molar-refractivity contribution is -0.229. The summed E-state index contributed by atoms with van der Waals surface area (Å²) in [4.78, 5) is 15.0. The van der Waals surface area contributed by atoms with Crippen LogP contribution in [-0.4, -0.2) is 42.1 Å². The molecular formula is C16H28N2O2. The molecule has 3 aliphatic rings. The molecule has 1 saturated carbocycles. The lowest BCUT2D eigenvalue weighted by atomic mass is 9.46. The number of rotatable bonds is 1. The summed E-state index contributed by atoms with van der Waals surface area (Å²) in [6, 6.07) is 0. The second-order valence-electron chi connectivity index (χ2n) is 8.27. The predicted molar refractivity (Wildman–Crippen MR) is 78.1 cm³/mol. The maximum Gasteiger partial charge on any atom is 0.243 e. The van der Waals surface area contributed by atoms with Crippen molar-refractivity contribution in [2.24, 2.45) is 22.5 Å². The van der Waals surface area contributed by atoms with Crippen LogP contribution >= 0.6 is 0 Å². The molecular weight excluding hydrogens is 252 g/mol. The average molecular weight is 280 g/mol. The van der Waals surface area contributed by atoms with Crippen molar-refractivity contribution in [3.05, 3.63) is 0 Å². The van der Waals surface area contributed by atoms with Crippen molar-refractivity contribution in [1.29, 1.82) is 0 Å². The van der Waals surface area contributed by atoms with Crippen molar-refractivity contribution in [3.8, 4) is 0 Å². The van der Waals surface area contributed by atoms with Crippen molar-refractivity contribution in [3.63, 3.8) is 0 Å². The monoisotopic (exact) mass is 280 g/mol. The molecule has 4 heteroatoms. The van der Waals surface area contributed by atoms with Crippen LogP contribution in [-0.2, 0) is 9.53 Å². The smallest absolute Gasteiger partial charge is 0.243 e. The highest BCUT2D eigenvalue weighted by molar-refractivity contribution is 5.89. The van der Waals surface area contributed by atoms with E-state index in [0.29, 0.717) is 0 Å². The molecule has 2 heterocycles. The number of nitrogens with zero attached hydrogens (tertiary/aromatic N) is 1. The van der Waals surface area contributed by atoms with Crippen molar-refractivity contribution in [2.75, 3.05) is 19.7 Å². The van der Waals surface area contributed by atoms with Gasteiger partial charge in [0.15, 0.2) is 0 Å². The van der Waals surface area contributed by atoms with Crippen LogP contribution in [0.5, 0.6) is 0 Å². The van der Waals surface area contributed by atoms with Crippen LogP contribution in [0.1, 0.15) is 47.0 Å². The summed E-state index contributed by atoms with van der Waals surface area (Å²) in [5.41, 5.74) is 5.90. The second kappa shape index (κ2) is 4.20. The van der Waals surface area contributed by atoms with E-state index in [9.17, 15) is 4.79 Å². The number of carbonyl (C=O) groups excluding carboxylic acids is 1. The topological polar surface area (TPSA) is 55.6 Å². The molecule has 2 aliphatic heterocycles. The number of likely N-dealkylation sites (tertiary alicyclic amines) is 1. The molecule has 3 fully saturated rings. The SMILES string of the molecule is CC1(C)CCN(C(=O)C2(N)C3CCCOC3C2(C)C)C1. The number of carbonyl (C=O) groups is 1. The van der Waals surface area contributed by atoms with Crippen molar-refractivity contribution in [2.45, 2.75) is 58.6 Å². The molecule has 3 unspecified atom stereocenters. The molecule has 3 rings (SSSR count).